The molecular formula is C9H11FN2O. The van der Waals surface area contributed by atoms with Crippen LogP contribution in [-0.4, -0.2) is 16.9 Å². The average molecular weight is 181 g/mol. The summed E-state index contributed by atoms with van der Waals surface area (Å²) >= 11 is 0. The first-order valence-corrected chi connectivity index (χ1v) is 4.01. The molecule has 0 saturated heterocycles. The Labute approximate surface area is 76.0 Å². The Bertz CT molecular complexity index is 312. The van der Waals surface area contributed by atoms with E-state index < -0.39 is 5.82 Å². The van der Waals surface area contributed by atoms with Crippen LogP contribution in [0.2, 0.25) is 0 Å². The molecule has 1 aromatic heterocycles. The predicted octanol–water partition coefficient (Wildman–Crippen LogP) is 1.36. The van der Waals surface area contributed by atoms with Crippen molar-refractivity contribution in [1.82, 2.24) is 10.3 Å². The minimum absolute atomic E-state index is 0.0377. The molecule has 1 heterocycles. The van der Waals surface area contributed by atoms with Crippen molar-refractivity contribution in [2.45, 2.75) is 19.9 Å². The first kappa shape index (κ1) is 9.64. The lowest BCUT2D eigenvalue weighted by molar-refractivity contribution is 0.0942. The smallest absolute Gasteiger partial charge is 0.253 e. The van der Waals surface area contributed by atoms with Crippen LogP contribution < -0.4 is 5.32 Å². The number of amides is 1. The van der Waals surface area contributed by atoms with Crippen molar-refractivity contribution in [1.29, 1.82) is 0 Å². The molecule has 70 valence electrons. The third-order valence-electron chi connectivity index (χ3n) is 1.39. The first-order valence-electron chi connectivity index (χ1n) is 4.01. The molecule has 0 unspecified atom stereocenters. The van der Waals surface area contributed by atoms with Crippen molar-refractivity contribution in [3.05, 3.63) is 29.8 Å². The van der Waals surface area contributed by atoms with Gasteiger partial charge in [0.25, 0.3) is 5.91 Å². The maximum absolute atomic E-state index is 12.6. The molecule has 0 spiro atoms. The number of nitrogens with zero attached hydrogens (tertiary/aromatic N) is 1. The molecule has 1 rings (SSSR count). The molecule has 0 radical (unpaired) electrons. The zero-order valence-corrected chi connectivity index (χ0v) is 7.54. The Morgan fingerprint density at radius 2 is 2.23 bits per heavy atom. The highest BCUT2D eigenvalue weighted by Crippen LogP contribution is 2.00. The molecule has 3 nitrogen and oxygen atoms in total. The Hall–Kier alpha value is -1.45. The van der Waals surface area contributed by atoms with Gasteiger partial charge in [0.2, 0.25) is 0 Å². The van der Waals surface area contributed by atoms with Gasteiger partial charge in [-0.1, -0.05) is 0 Å². The number of carbonyl (C=O) groups excluding carboxylic acids is 1. The van der Waals surface area contributed by atoms with E-state index in [9.17, 15) is 9.18 Å². The molecule has 0 fully saturated rings. The van der Waals surface area contributed by atoms with E-state index in [0.29, 0.717) is 0 Å². The number of hydrogen-bond donors (Lipinski definition) is 1. The highest BCUT2D eigenvalue weighted by atomic mass is 18.2. The van der Waals surface area contributed by atoms with Crippen LogP contribution >= 0.6 is 0 Å². The molecule has 0 aliphatic heterocycles. The van der Waals surface area contributed by atoms with E-state index >= 15 is 0 Å². The summed E-state index contributed by atoms with van der Waals surface area (Å²) in [6.45, 7) is 3.68. The molecule has 4 heteroatoms. The van der Waals surface area contributed by atoms with Gasteiger partial charge in [-0.3, -0.25) is 9.78 Å². The summed E-state index contributed by atoms with van der Waals surface area (Å²) in [4.78, 5) is 14.9. The number of hydrogen-bond acceptors (Lipinski definition) is 2. The van der Waals surface area contributed by atoms with Crippen LogP contribution in [0.5, 0.6) is 0 Å². The second-order valence-electron chi connectivity index (χ2n) is 3.02. The van der Waals surface area contributed by atoms with Gasteiger partial charge in [0, 0.05) is 12.2 Å². The summed E-state index contributed by atoms with van der Waals surface area (Å²) in [5.41, 5.74) is 0.244. The number of rotatable bonds is 2. The maximum atomic E-state index is 12.6. The van der Waals surface area contributed by atoms with Gasteiger partial charge in [-0.2, -0.15) is 0 Å². The van der Waals surface area contributed by atoms with Crippen molar-refractivity contribution >= 4 is 5.91 Å². The Morgan fingerprint density at radius 1 is 1.54 bits per heavy atom. The van der Waals surface area contributed by atoms with Gasteiger partial charge in [-0.25, -0.2) is 4.39 Å². The highest BCUT2D eigenvalue weighted by Gasteiger charge is 2.07. The third kappa shape index (κ3) is 2.82. The zero-order valence-electron chi connectivity index (χ0n) is 7.54. The topological polar surface area (TPSA) is 42.0 Å². The van der Waals surface area contributed by atoms with Crippen LogP contribution in [0.1, 0.15) is 24.2 Å². The fraction of sp³-hybridized carbons (Fsp3) is 0.333. The van der Waals surface area contributed by atoms with E-state index in [2.05, 4.69) is 10.3 Å². The minimum atomic E-state index is -0.503. The van der Waals surface area contributed by atoms with Crippen molar-refractivity contribution < 1.29 is 9.18 Å². The largest absolute Gasteiger partial charge is 0.350 e. The Balaban J connectivity index is 2.77. The Kier molecular flexibility index (Phi) is 2.95. The van der Waals surface area contributed by atoms with Crippen LogP contribution in [0.15, 0.2) is 18.5 Å². The van der Waals surface area contributed by atoms with Crippen LogP contribution in [-0.2, 0) is 0 Å². The second-order valence-corrected chi connectivity index (χ2v) is 3.02. The summed E-state index contributed by atoms with van der Waals surface area (Å²) in [5, 5.41) is 2.64. The van der Waals surface area contributed by atoms with E-state index in [1.807, 2.05) is 13.8 Å². The average Bonchev–Trinajstić information content (AvgIpc) is 2.03. The van der Waals surface area contributed by atoms with Gasteiger partial charge >= 0.3 is 0 Å². The van der Waals surface area contributed by atoms with E-state index in [4.69, 9.17) is 0 Å². The lowest BCUT2D eigenvalue weighted by Gasteiger charge is -2.07. The fourth-order valence-electron chi connectivity index (χ4n) is 0.882. The molecule has 0 saturated carbocycles. The molecule has 1 aromatic rings. The normalized spacial score (nSPS) is 10.2. The van der Waals surface area contributed by atoms with Crippen LogP contribution in [0, 0.1) is 5.82 Å². The predicted molar refractivity (Wildman–Crippen MR) is 46.8 cm³/mol. The summed E-state index contributed by atoms with van der Waals surface area (Å²) < 4.78 is 12.6. The molecule has 13 heavy (non-hydrogen) atoms. The number of nitrogens with one attached hydrogen (secondary N) is 1. The third-order valence-corrected chi connectivity index (χ3v) is 1.39. The lowest BCUT2D eigenvalue weighted by Crippen LogP contribution is -2.30. The standard InChI is InChI=1S/C9H11FN2O/c1-6(2)12-9(13)7-3-8(10)5-11-4-7/h3-6H,1-2H3,(H,12,13)/i10-1. The van der Waals surface area contributed by atoms with Crippen molar-refractivity contribution in [2.24, 2.45) is 0 Å². The molecular weight excluding hydrogens is 170 g/mol. The van der Waals surface area contributed by atoms with Gasteiger partial charge in [-0.15, -0.1) is 0 Å². The van der Waals surface area contributed by atoms with E-state index in [-0.39, 0.29) is 17.5 Å². The maximum Gasteiger partial charge on any atom is 0.253 e. The van der Waals surface area contributed by atoms with Crippen molar-refractivity contribution in [2.75, 3.05) is 0 Å². The van der Waals surface area contributed by atoms with Gasteiger partial charge in [0.05, 0.1) is 11.8 Å². The summed E-state index contributed by atoms with van der Waals surface area (Å²) in [7, 11) is 0. The van der Waals surface area contributed by atoms with Crippen LogP contribution in [0.4, 0.5) is 4.39 Å². The van der Waals surface area contributed by atoms with Crippen LogP contribution in [0.3, 0.4) is 0 Å². The van der Waals surface area contributed by atoms with E-state index in [1.165, 1.54) is 6.20 Å². The van der Waals surface area contributed by atoms with E-state index in [1.54, 1.807) is 0 Å². The number of carbonyl (C=O) groups is 1. The Morgan fingerprint density at radius 3 is 2.77 bits per heavy atom. The minimum Gasteiger partial charge on any atom is -0.350 e. The summed E-state index contributed by atoms with van der Waals surface area (Å²) in [6, 6.07) is 1.20. The SMILES string of the molecule is CC(C)NC(=O)c1cncc([18F])c1. The zero-order chi connectivity index (χ0) is 9.84. The number of pyridine rings is 1. The number of aromatic nitrogens is 1. The van der Waals surface area contributed by atoms with Gasteiger partial charge in [0.1, 0.15) is 5.82 Å². The van der Waals surface area contributed by atoms with Gasteiger partial charge in [0.15, 0.2) is 0 Å². The molecule has 0 aliphatic rings. The van der Waals surface area contributed by atoms with Gasteiger partial charge < -0.3 is 5.32 Å². The second kappa shape index (κ2) is 3.98. The quantitative estimate of drug-likeness (QED) is 0.748. The molecule has 0 aliphatic carbocycles. The monoisotopic (exact) mass is 181 g/mol. The molecule has 1 amide bonds. The number of halogens is 1. The molecule has 0 atom stereocenters. The fourth-order valence-corrected chi connectivity index (χ4v) is 0.882. The molecule has 0 aromatic carbocycles. The molecule has 1 N–H and O–H groups in total. The van der Waals surface area contributed by atoms with Gasteiger partial charge in [-0.05, 0) is 19.9 Å². The summed E-state index contributed by atoms with van der Waals surface area (Å²) in [5.74, 6) is -0.807. The van der Waals surface area contributed by atoms with Crippen LogP contribution in [0.25, 0.3) is 0 Å². The summed E-state index contributed by atoms with van der Waals surface area (Å²) in [6.07, 6.45) is 2.40. The van der Waals surface area contributed by atoms with Crippen molar-refractivity contribution in [3.63, 3.8) is 0 Å². The van der Waals surface area contributed by atoms with E-state index in [0.717, 1.165) is 12.3 Å². The van der Waals surface area contributed by atoms with Crippen molar-refractivity contribution in [3.8, 4) is 0 Å². The highest BCUT2D eigenvalue weighted by molar-refractivity contribution is 5.93. The molecule has 0 bridgehead atoms. The first-order chi connectivity index (χ1) is 6.09. The lowest BCUT2D eigenvalue weighted by atomic mass is 10.2.